The first-order valence-electron chi connectivity index (χ1n) is 11.7. The van der Waals surface area contributed by atoms with Gasteiger partial charge < -0.3 is 19.0 Å². The van der Waals surface area contributed by atoms with Gasteiger partial charge in [-0.1, -0.05) is 0 Å². The summed E-state index contributed by atoms with van der Waals surface area (Å²) in [5.41, 5.74) is 1.81. The van der Waals surface area contributed by atoms with Crippen LogP contribution in [0.15, 0.2) is 46.9 Å². The van der Waals surface area contributed by atoms with Crippen molar-refractivity contribution in [3.05, 3.63) is 53.4 Å². The highest BCUT2D eigenvalue weighted by Crippen LogP contribution is 2.26. The number of ether oxygens (including phenoxy) is 2. The largest absolute Gasteiger partial charge is 0.497 e. The maximum absolute atomic E-state index is 10.5. The first-order chi connectivity index (χ1) is 17.1. The molecule has 0 aliphatic carbocycles. The summed E-state index contributed by atoms with van der Waals surface area (Å²) < 4.78 is 18.0. The van der Waals surface area contributed by atoms with Gasteiger partial charge in [-0.05, 0) is 43.3 Å². The SMILES string of the molecule is COc1ccc(-c2nnc(CN3CCN(C[C@@H](O)COc4ccc5sc(C)nc5c4)CC3)o2)cc1. The summed E-state index contributed by atoms with van der Waals surface area (Å²) in [6, 6.07) is 13.4. The van der Waals surface area contributed by atoms with E-state index in [1.54, 1.807) is 18.4 Å². The molecule has 2 aromatic carbocycles. The van der Waals surface area contributed by atoms with Crippen LogP contribution in [0.25, 0.3) is 21.7 Å². The van der Waals surface area contributed by atoms with Gasteiger partial charge in [0.2, 0.25) is 11.8 Å². The van der Waals surface area contributed by atoms with Gasteiger partial charge in [-0.3, -0.25) is 9.80 Å². The quantitative estimate of drug-likeness (QED) is 0.375. The third-order valence-electron chi connectivity index (χ3n) is 6.00. The molecule has 0 radical (unpaired) electrons. The maximum Gasteiger partial charge on any atom is 0.247 e. The number of aliphatic hydroxyl groups excluding tert-OH is 1. The topological polar surface area (TPSA) is 97.0 Å². The highest BCUT2D eigenvalue weighted by Gasteiger charge is 2.21. The number of piperazine rings is 1. The number of thiazole rings is 1. The van der Waals surface area contributed by atoms with Gasteiger partial charge in [-0.2, -0.15) is 0 Å². The first-order valence-corrected chi connectivity index (χ1v) is 12.5. The third kappa shape index (κ3) is 5.96. The number of fused-ring (bicyclic) bond motifs is 1. The fourth-order valence-corrected chi connectivity index (χ4v) is 4.95. The normalized spacial score (nSPS) is 16.0. The minimum absolute atomic E-state index is 0.255. The molecule has 1 saturated heterocycles. The minimum atomic E-state index is -0.558. The molecule has 35 heavy (non-hydrogen) atoms. The van der Waals surface area contributed by atoms with Crippen molar-refractivity contribution >= 4 is 21.6 Å². The molecule has 0 unspecified atom stereocenters. The number of methoxy groups -OCH3 is 1. The fraction of sp³-hybridized carbons (Fsp3) is 0.400. The van der Waals surface area contributed by atoms with E-state index in [4.69, 9.17) is 13.9 Å². The average Bonchev–Trinajstić information content (AvgIpc) is 3.49. The van der Waals surface area contributed by atoms with Crippen molar-refractivity contribution in [3.8, 4) is 23.0 Å². The summed E-state index contributed by atoms with van der Waals surface area (Å²) in [5, 5.41) is 19.9. The minimum Gasteiger partial charge on any atom is -0.497 e. The zero-order valence-electron chi connectivity index (χ0n) is 19.9. The van der Waals surface area contributed by atoms with Crippen LogP contribution in [0, 0.1) is 6.92 Å². The van der Waals surface area contributed by atoms with Crippen molar-refractivity contribution in [2.24, 2.45) is 0 Å². The molecular formula is C25H29N5O4S. The number of benzene rings is 2. The molecular weight excluding hydrogens is 466 g/mol. The molecule has 1 aliphatic heterocycles. The highest BCUT2D eigenvalue weighted by atomic mass is 32.1. The monoisotopic (exact) mass is 495 g/mol. The van der Waals surface area contributed by atoms with Crippen molar-refractivity contribution < 1.29 is 19.0 Å². The van der Waals surface area contributed by atoms with Crippen LogP contribution in [0.4, 0.5) is 0 Å². The Morgan fingerprint density at radius 1 is 1.03 bits per heavy atom. The number of hydrogen-bond donors (Lipinski definition) is 1. The number of aromatic nitrogens is 3. The van der Waals surface area contributed by atoms with Crippen LogP contribution < -0.4 is 9.47 Å². The predicted molar refractivity (Wildman–Crippen MR) is 134 cm³/mol. The Hall–Kier alpha value is -3.05. The summed E-state index contributed by atoms with van der Waals surface area (Å²) in [6.45, 7) is 6.90. The zero-order chi connectivity index (χ0) is 24.2. The van der Waals surface area contributed by atoms with Gasteiger partial charge in [0.05, 0.1) is 28.9 Å². The van der Waals surface area contributed by atoms with E-state index >= 15 is 0 Å². The van der Waals surface area contributed by atoms with Gasteiger partial charge in [0, 0.05) is 44.4 Å². The third-order valence-corrected chi connectivity index (χ3v) is 6.96. The first kappa shape index (κ1) is 23.7. The lowest BCUT2D eigenvalue weighted by Crippen LogP contribution is -2.48. The van der Waals surface area contributed by atoms with Crippen molar-refractivity contribution in [3.63, 3.8) is 0 Å². The van der Waals surface area contributed by atoms with E-state index in [9.17, 15) is 5.11 Å². The lowest BCUT2D eigenvalue weighted by molar-refractivity contribution is 0.0431. The number of aliphatic hydroxyl groups is 1. The number of aryl methyl sites for hydroxylation is 1. The number of rotatable bonds is 9. The summed E-state index contributed by atoms with van der Waals surface area (Å²) >= 11 is 1.67. The standard InChI is InChI=1S/C25H29N5O4S/c1-17-26-22-13-21(7-8-23(22)35-17)33-16-19(31)14-29-9-11-30(12-10-29)15-24-27-28-25(34-24)18-3-5-20(32-2)6-4-18/h3-8,13,19,31H,9-12,14-16H2,1-2H3/t19-/m1/s1. The molecule has 2 aromatic heterocycles. The Labute approximate surface area is 207 Å². The van der Waals surface area contributed by atoms with Crippen LogP contribution in [0.2, 0.25) is 0 Å². The van der Waals surface area contributed by atoms with E-state index in [1.807, 2.05) is 49.4 Å². The van der Waals surface area contributed by atoms with E-state index in [-0.39, 0.29) is 6.61 Å². The molecule has 5 rings (SSSR count). The van der Waals surface area contributed by atoms with Crippen LogP contribution in [-0.2, 0) is 6.54 Å². The summed E-state index contributed by atoms with van der Waals surface area (Å²) in [4.78, 5) is 9.04. The number of hydrogen-bond acceptors (Lipinski definition) is 10. The Morgan fingerprint density at radius 2 is 1.77 bits per heavy atom. The van der Waals surface area contributed by atoms with Crippen LogP contribution in [0.3, 0.4) is 0 Å². The smallest absolute Gasteiger partial charge is 0.247 e. The molecule has 4 aromatic rings. The molecule has 0 amide bonds. The van der Waals surface area contributed by atoms with Crippen LogP contribution in [0.1, 0.15) is 10.9 Å². The van der Waals surface area contributed by atoms with Crippen molar-refractivity contribution in [2.45, 2.75) is 19.6 Å². The second-order valence-electron chi connectivity index (χ2n) is 8.63. The van der Waals surface area contributed by atoms with Crippen LogP contribution in [-0.4, -0.2) is 82.6 Å². The van der Waals surface area contributed by atoms with E-state index in [0.29, 0.717) is 24.9 Å². The number of nitrogens with zero attached hydrogens (tertiary/aromatic N) is 5. The molecule has 0 spiro atoms. The molecule has 1 N–H and O–H groups in total. The van der Waals surface area contributed by atoms with Gasteiger partial charge in [0.25, 0.3) is 0 Å². The lowest BCUT2D eigenvalue weighted by Gasteiger charge is -2.34. The molecule has 1 atom stereocenters. The Balaban J connectivity index is 1.05. The zero-order valence-corrected chi connectivity index (χ0v) is 20.7. The van der Waals surface area contributed by atoms with Crippen molar-refractivity contribution in [1.29, 1.82) is 0 Å². The second-order valence-corrected chi connectivity index (χ2v) is 9.87. The van der Waals surface area contributed by atoms with E-state index in [1.165, 1.54) is 0 Å². The lowest BCUT2D eigenvalue weighted by atomic mass is 10.2. The van der Waals surface area contributed by atoms with Crippen molar-refractivity contribution in [1.82, 2.24) is 25.0 Å². The average molecular weight is 496 g/mol. The Kier molecular flexibility index (Phi) is 7.24. The van der Waals surface area contributed by atoms with Crippen LogP contribution >= 0.6 is 11.3 Å². The molecule has 0 saturated carbocycles. The van der Waals surface area contributed by atoms with Crippen molar-refractivity contribution in [2.75, 3.05) is 46.4 Å². The molecule has 9 nitrogen and oxygen atoms in total. The summed E-state index contributed by atoms with van der Waals surface area (Å²) in [5.74, 6) is 2.63. The Bertz CT molecular complexity index is 1250. The van der Waals surface area contributed by atoms with E-state index < -0.39 is 6.10 Å². The molecule has 10 heteroatoms. The second kappa shape index (κ2) is 10.7. The Morgan fingerprint density at radius 3 is 2.54 bits per heavy atom. The molecule has 3 heterocycles. The molecule has 0 bridgehead atoms. The molecule has 1 aliphatic rings. The maximum atomic E-state index is 10.5. The molecule has 1 fully saturated rings. The number of β-amino-alcohol motifs (C(OH)–C–C–N with tert-alkyl or cyclic N) is 1. The fourth-order valence-electron chi connectivity index (χ4n) is 4.14. The van der Waals surface area contributed by atoms with Gasteiger partial charge in [-0.25, -0.2) is 4.98 Å². The predicted octanol–water partition coefficient (Wildman–Crippen LogP) is 3.22. The van der Waals surface area contributed by atoms with Crippen LogP contribution in [0.5, 0.6) is 11.5 Å². The summed E-state index contributed by atoms with van der Waals surface area (Å²) in [7, 11) is 1.64. The molecule has 184 valence electrons. The van der Waals surface area contributed by atoms with Gasteiger partial charge in [0.15, 0.2) is 0 Å². The highest BCUT2D eigenvalue weighted by molar-refractivity contribution is 7.18. The van der Waals surface area contributed by atoms with E-state index in [2.05, 4.69) is 25.0 Å². The van der Waals surface area contributed by atoms with Gasteiger partial charge in [-0.15, -0.1) is 21.5 Å². The van der Waals surface area contributed by atoms with E-state index in [0.717, 1.165) is 58.5 Å². The summed E-state index contributed by atoms with van der Waals surface area (Å²) in [6.07, 6.45) is -0.558. The van der Waals surface area contributed by atoms with Gasteiger partial charge in [0.1, 0.15) is 24.2 Å². The van der Waals surface area contributed by atoms with Gasteiger partial charge >= 0.3 is 0 Å².